The van der Waals surface area contributed by atoms with Crippen LogP contribution in [0.4, 0.5) is 5.69 Å². The highest BCUT2D eigenvalue weighted by Gasteiger charge is 2.31. The van der Waals surface area contributed by atoms with E-state index in [1.807, 2.05) is 69.3 Å². The summed E-state index contributed by atoms with van der Waals surface area (Å²) in [6, 6.07) is 15.2. The van der Waals surface area contributed by atoms with Crippen molar-refractivity contribution in [2.24, 2.45) is 0 Å². The topological polar surface area (TPSA) is 66.4 Å². The Hall–Kier alpha value is -2.62. The Labute approximate surface area is 142 Å². The Morgan fingerprint density at radius 3 is 2.46 bits per heavy atom. The van der Waals surface area contributed by atoms with E-state index in [1.165, 1.54) is 0 Å². The first-order valence-electron chi connectivity index (χ1n) is 7.99. The van der Waals surface area contributed by atoms with Crippen LogP contribution in [0.3, 0.4) is 0 Å². The Morgan fingerprint density at radius 2 is 1.79 bits per heavy atom. The van der Waals surface area contributed by atoms with Gasteiger partial charge in [0, 0.05) is 12.1 Å². The second kappa shape index (κ2) is 7.30. The number of aryl methyl sites for hydroxylation is 2. The highest BCUT2D eigenvalue weighted by molar-refractivity contribution is 5.98. The van der Waals surface area contributed by atoms with Gasteiger partial charge < -0.3 is 10.4 Å². The molecule has 0 aliphatic carbocycles. The predicted octanol–water partition coefficient (Wildman–Crippen LogP) is 3.93. The third kappa shape index (κ3) is 4.22. The molecule has 0 bridgehead atoms. The van der Waals surface area contributed by atoms with Crippen molar-refractivity contribution in [2.75, 3.05) is 5.32 Å². The molecule has 0 saturated heterocycles. The lowest BCUT2D eigenvalue weighted by Crippen LogP contribution is -2.35. The van der Waals surface area contributed by atoms with Crippen LogP contribution in [0.5, 0.6) is 0 Å². The molecular formula is C20H23NO3. The number of hydrogen-bond acceptors (Lipinski definition) is 2. The van der Waals surface area contributed by atoms with Gasteiger partial charge >= 0.3 is 5.97 Å². The second-order valence-corrected chi connectivity index (χ2v) is 6.49. The van der Waals surface area contributed by atoms with Crippen molar-refractivity contribution < 1.29 is 14.7 Å². The molecule has 2 rings (SSSR count). The Bertz CT molecular complexity index is 750. The maximum atomic E-state index is 12.8. The minimum atomic E-state index is -0.829. The van der Waals surface area contributed by atoms with Crippen LogP contribution in [0, 0.1) is 6.92 Å². The van der Waals surface area contributed by atoms with Crippen LogP contribution in [-0.2, 0) is 21.4 Å². The summed E-state index contributed by atoms with van der Waals surface area (Å²) in [4.78, 5) is 23.4. The standard InChI is InChI=1S/C20H23NO3/c1-14-7-4-5-10-17(14)20(2,3)19(24)21-16-9-6-8-15(13-16)11-12-18(22)23/h4-10,13H,11-12H2,1-3H3,(H,21,24)(H,22,23). The summed E-state index contributed by atoms with van der Waals surface area (Å²) in [5.74, 6) is -0.919. The number of anilines is 1. The molecule has 0 fully saturated rings. The zero-order valence-corrected chi connectivity index (χ0v) is 14.3. The molecule has 4 heteroatoms. The molecular weight excluding hydrogens is 302 g/mol. The number of carbonyl (C=O) groups is 2. The molecule has 0 unspecified atom stereocenters. The molecule has 2 aromatic carbocycles. The summed E-state index contributed by atoms with van der Waals surface area (Å²) >= 11 is 0. The van der Waals surface area contributed by atoms with E-state index in [1.54, 1.807) is 0 Å². The largest absolute Gasteiger partial charge is 0.481 e. The van der Waals surface area contributed by atoms with E-state index < -0.39 is 11.4 Å². The first-order chi connectivity index (χ1) is 11.3. The van der Waals surface area contributed by atoms with Crippen molar-refractivity contribution in [3.8, 4) is 0 Å². The third-order valence-corrected chi connectivity index (χ3v) is 4.20. The highest BCUT2D eigenvalue weighted by Crippen LogP contribution is 2.28. The number of benzene rings is 2. The average Bonchev–Trinajstić information content (AvgIpc) is 2.53. The quantitative estimate of drug-likeness (QED) is 0.845. The van der Waals surface area contributed by atoms with Crippen molar-refractivity contribution in [2.45, 2.75) is 39.0 Å². The molecule has 2 N–H and O–H groups in total. The lowest BCUT2D eigenvalue weighted by atomic mass is 9.81. The molecule has 2 aromatic rings. The minimum Gasteiger partial charge on any atom is -0.481 e. The Morgan fingerprint density at radius 1 is 1.08 bits per heavy atom. The van der Waals surface area contributed by atoms with Crippen LogP contribution < -0.4 is 5.32 Å². The summed E-state index contributed by atoms with van der Waals surface area (Å²) in [6.07, 6.45) is 0.520. The first-order valence-corrected chi connectivity index (χ1v) is 7.99. The van der Waals surface area contributed by atoms with Gasteiger partial charge in [-0.3, -0.25) is 9.59 Å². The normalized spacial score (nSPS) is 11.1. The second-order valence-electron chi connectivity index (χ2n) is 6.49. The van der Waals surface area contributed by atoms with Gasteiger partial charge in [-0.05, 0) is 56.0 Å². The van der Waals surface area contributed by atoms with Crippen molar-refractivity contribution in [3.05, 3.63) is 65.2 Å². The molecule has 0 saturated carbocycles. The van der Waals surface area contributed by atoms with Crippen LogP contribution in [0.1, 0.15) is 37.0 Å². The van der Waals surface area contributed by atoms with Crippen LogP contribution in [0.25, 0.3) is 0 Å². The molecule has 126 valence electrons. The van der Waals surface area contributed by atoms with Gasteiger partial charge in [-0.1, -0.05) is 36.4 Å². The lowest BCUT2D eigenvalue weighted by molar-refractivity contribution is -0.137. The molecule has 24 heavy (non-hydrogen) atoms. The number of hydrogen-bond donors (Lipinski definition) is 2. The number of amides is 1. The van der Waals surface area contributed by atoms with Gasteiger partial charge in [0.2, 0.25) is 5.91 Å². The highest BCUT2D eigenvalue weighted by atomic mass is 16.4. The number of aliphatic carboxylic acids is 1. The molecule has 0 aliphatic heterocycles. The van der Waals surface area contributed by atoms with Crippen LogP contribution >= 0.6 is 0 Å². The smallest absolute Gasteiger partial charge is 0.303 e. The van der Waals surface area contributed by atoms with Gasteiger partial charge in [0.1, 0.15) is 0 Å². The molecule has 0 heterocycles. The van der Waals surface area contributed by atoms with Gasteiger partial charge in [-0.2, -0.15) is 0 Å². The van der Waals surface area contributed by atoms with E-state index in [0.29, 0.717) is 12.1 Å². The number of nitrogens with one attached hydrogen (secondary N) is 1. The lowest BCUT2D eigenvalue weighted by Gasteiger charge is -2.26. The van der Waals surface area contributed by atoms with Crippen LogP contribution in [0.2, 0.25) is 0 Å². The first kappa shape index (κ1) is 17.7. The fourth-order valence-corrected chi connectivity index (χ4v) is 2.74. The van der Waals surface area contributed by atoms with Crippen molar-refractivity contribution >= 4 is 17.6 Å². The molecule has 0 spiro atoms. The van der Waals surface area contributed by atoms with E-state index in [2.05, 4.69) is 5.32 Å². The van der Waals surface area contributed by atoms with Crippen LogP contribution in [-0.4, -0.2) is 17.0 Å². The molecule has 0 atom stereocenters. The van der Waals surface area contributed by atoms with Gasteiger partial charge in [0.25, 0.3) is 0 Å². The summed E-state index contributed by atoms with van der Waals surface area (Å²) in [7, 11) is 0. The number of rotatable bonds is 6. The maximum Gasteiger partial charge on any atom is 0.303 e. The Kier molecular flexibility index (Phi) is 5.39. The maximum absolute atomic E-state index is 12.8. The molecule has 4 nitrogen and oxygen atoms in total. The van der Waals surface area contributed by atoms with E-state index in [4.69, 9.17) is 5.11 Å². The van der Waals surface area contributed by atoms with Gasteiger partial charge in [-0.25, -0.2) is 0 Å². The zero-order chi connectivity index (χ0) is 17.7. The number of carboxylic acid groups (broad SMARTS) is 1. The SMILES string of the molecule is Cc1ccccc1C(C)(C)C(=O)Nc1cccc(CCC(=O)O)c1. The fourth-order valence-electron chi connectivity index (χ4n) is 2.74. The third-order valence-electron chi connectivity index (χ3n) is 4.20. The molecule has 0 radical (unpaired) electrons. The summed E-state index contributed by atoms with van der Waals surface area (Å²) < 4.78 is 0. The molecule has 1 amide bonds. The number of carboxylic acids is 1. The van der Waals surface area contributed by atoms with Crippen molar-refractivity contribution in [1.29, 1.82) is 0 Å². The van der Waals surface area contributed by atoms with Gasteiger partial charge in [-0.15, -0.1) is 0 Å². The summed E-state index contributed by atoms with van der Waals surface area (Å²) in [5, 5.41) is 11.7. The minimum absolute atomic E-state index is 0.0755. The molecule has 0 aromatic heterocycles. The molecule has 0 aliphatic rings. The van der Waals surface area contributed by atoms with E-state index >= 15 is 0 Å². The van der Waals surface area contributed by atoms with E-state index in [-0.39, 0.29) is 12.3 Å². The van der Waals surface area contributed by atoms with Crippen LogP contribution in [0.15, 0.2) is 48.5 Å². The fraction of sp³-hybridized carbons (Fsp3) is 0.300. The van der Waals surface area contributed by atoms with E-state index in [9.17, 15) is 9.59 Å². The predicted molar refractivity (Wildman–Crippen MR) is 95.2 cm³/mol. The zero-order valence-electron chi connectivity index (χ0n) is 14.3. The average molecular weight is 325 g/mol. The summed E-state index contributed by atoms with van der Waals surface area (Å²) in [5.41, 5.74) is 2.98. The monoisotopic (exact) mass is 325 g/mol. The van der Waals surface area contributed by atoms with Gasteiger partial charge in [0.05, 0.1) is 5.41 Å². The van der Waals surface area contributed by atoms with Crippen molar-refractivity contribution in [3.63, 3.8) is 0 Å². The van der Waals surface area contributed by atoms with Gasteiger partial charge in [0.15, 0.2) is 0 Å². The summed E-state index contributed by atoms with van der Waals surface area (Å²) in [6.45, 7) is 5.80. The van der Waals surface area contributed by atoms with Crippen molar-refractivity contribution in [1.82, 2.24) is 0 Å². The van der Waals surface area contributed by atoms with E-state index in [0.717, 1.165) is 16.7 Å². The number of carbonyl (C=O) groups excluding carboxylic acids is 1. The Balaban J connectivity index is 2.15.